The van der Waals surface area contributed by atoms with Crippen molar-refractivity contribution in [2.45, 2.75) is 20.0 Å². The van der Waals surface area contributed by atoms with Crippen molar-refractivity contribution in [3.63, 3.8) is 0 Å². The predicted octanol–water partition coefficient (Wildman–Crippen LogP) is 2.87. The van der Waals surface area contributed by atoms with Crippen LogP contribution < -0.4 is 16.0 Å². The average molecular weight is 349 g/mol. The number of carbonyl (C=O) groups excluding carboxylic acids is 1. The van der Waals surface area contributed by atoms with Crippen molar-refractivity contribution < 1.29 is 9.53 Å². The molecule has 0 fully saturated rings. The average Bonchev–Trinajstić information content (AvgIpc) is 2.50. The molecule has 0 aliphatic rings. The van der Waals surface area contributed by atoms with Gasteiger partial charge in [0.1, 0.15) is 12.4 Å². The van der Waals surface area contributed by atoms with E-state index in [2.05, 4.69) is 21.4 Å². The molecule has 0 radical (unpaired) electrons. The summed E-state index contributed by atoms with van der Waals surface area (Å²) in [5.74, 6) is 5.69. The summed E-state index contributed by atoms with van der Waals surface area (Å²) < 4.78 is 6.82. The Morgan fingerprint density at radius 2 is 1.86 bits per heavy atom. The van der Waals surface area contributed by atoms with Gasteiger partial charge in [0.25, 0.3) is 0 Å². The van der Waals surface area contributed by atoms with Gasteiger partial charge in [-0.15, -0.1) is 0 Å². The van der Waals surface area contributed by atoms with Crippen molar-refractivity contribution in [3.05, 3.63) is 63.6 Å². The highest BCUT2D eigenvalue weighted by atomic mass is 79.9. The Morgan fingerprint density at radius 3 is 2.48 bits per heavy atom. The molecule has 0 spiro atoms. The van der Waals surface area contributed by atoms with Crippen LogP contribution in [0.15, 0.2) is 46.9 Å². The van der Waals surface area contributed by atoms with Gasteiger partial charge in [-0.2, -0.15) is 0 Å². The summed E-state index contributed by atoms with van der Waals surface area (Å²) in [6, 6.07) is 13.6. The molecular weight excluding hydrogens is 332 g/mol. The number of hydrogen-bond donors (Lipinski definition) is 2. The molecule has 0 saturated carbocycles. The fraction of sp³-hybridized carbons (Fsp3) is 0.188. The van der Waals surface area contributed by atoms with E-state index in [9.17, 15) is 4.79 Å². The normalized spacial score (nSPS) is 10.2. The smallest absolute Gasteiger partial charge is 0.238 e. The number of benzene rings is 2. The minimum absolute atomic E-state index is 0.204. The van der Waals surface area contributed by atoms with Crippen LogP contribution in [-0.2, 0) is 17.8 Å². The van der Waals surface area contributed by atoms with Gasteiger partial charge in [0.15, 0.2) is 0 Å². The lowest BCUT2D eigenvalue weighted by Gasteiger charge is -2.08. The van der Waals surface area contributed by atoms with Crippen LogP contribution in [0.25, 0.3) is 0 Å². The molecule has 2 rings (SSSR count). The molecule has 0 bridgehead atoms. The van der Waals surface area contributed by atoms with Crippen LogP contribution in [-0.4, -0.2) is 5.91 Å². The number of aryl methyl sites for hydroxylation is 1. The summed E-state index contributed by atoms with van der Waals surface area (Å²) in [5, 5.41) is 0. The molecule has 4 nitrogen and oxygen atoms in total. The first-order valence-electron chi connectivity index (χ1n) is 6.54. The third-order valence-corrected chi connectivity index (χ3v) is 3.97. The second-order valence-corrected chi connectivity index (χ2v) is 5.61. The van der Waals surface area contributed by atoms with E-state index >= 15 is 0 Å². The van der Waals surface area contributed by atoms with E-state index in [0.717, 1.165) is 26.9 Å². The summed E-state index contributed by atoms with van der Waals surface area (Å²) >= 11 is 3.46. The molecule has 2 aromatic rings. The molecule has 0 aromatic heterocycles. The molecule has 110 valence electrons. The van der Waals surface area contributed by atoms with E-state index in [4.69, 9.17) is 10.6 Å². The minimum atomic E-state index is -0.204. The van der Waals surface area contributed by atoms with Gasteiger partial charge >= 0.3 is 0 Å². The number of hydrazine groups is 1. The summed E-state index contributed by atoms with van der Waals surface area (Å²) in [6.07, 6.45) is 0.281. The molecule has 21 heavy (non-hydrogen) atoms. The molecule has 1 amide bonds. The number of rotatable bonds is 5. The highest BCUT2D eigenvalue weighted by Gasteiger charge is 2.02. The van der Waals surface area contributed by atoms with Gasteiger partial charge in [-0.1, -0.05) is 40.2 Å². The van der Waals surface area contributed by atoms with E-state index in [1.165, 1.54) is 0 Å². The van der Waals surface area contributed by atoms with Crippen LogP contribution in [0, 0.1) is 6.92 Å². The Morgan fingerprint density at radius 1 is 1.19 bits per heavy atom. The van der Waals surface area contributed by atoms with Crippen LogP contribution in [0.2, 0.25) is 0 Å². The van der Waals surface area contributed by atoms with Crippen LogP contribution >= 0.6 is 15.9 Å². The van der Waals surface area contributed by atoms with Crippen LogP contribution in [0.5, 0.6) is 5.75 Å². The number of halogens is 1. The number of amides is 1. The van der Waals surface area contributed by atoms with E-state index in [-0.39, 0.29) is 12.3 Å². The fourth-order valence-corrected chi connectivity index (χ4v) is 2.11. The number of nitrogens with one attached hydrogen (secondary N) is 1. The van der Waals surface area contributed by atoms with Crippen LogP contribution in [0.3, 0.4) is 0 Å². The monoisotopic (exact) mass is 348 g/mol. The van der Waals surface area contributed by atoms with Crippen molar-refractivity contribution in [1.82, 2.24) is 5.43 Å². The maximum absolute atomic E-state index is 11.2. The second kappa shape index (κ2) is 7.24. The molecule has 2 aromatic carbocycles. The van der Waals surface area contributed by atoms with Crippen molar-refractivity contribution >= 4 is 21.8 Å². The zero-order chi connectivity index (χ0) is 15.2. The lowest BCUT2D eigenvalue weighted by molar-refractivity contribution is -0.120. The van der Waals surface area contributed by atoms with Crippen molar-refractivity contribution in [2.75, 3.05) is 0 Å². The second-order valence-electron chi connectivity index (χ2n) is 4.76. The number of nitrogens with two attached hydrogens (primary N) is 1. The van der Waals surface area contributed by atoms with E-state index < -0.39 is 0 Å². The van der Waals surface area contributed by atoms with Crippen molar-refractivity contribution in [3.8, 4) is 5.75 Å². The molecule has 0 unspecified atom stereocenters. The standard InChI is InChI=1S/C16H17BrN2O2/c1-11-8-14(6-7-15(11)17)21-10-13-4-2-12(3-5-13)9-16(20)19-18/h2-8H,9-10,18H2,1H3,(H,19,20). The van der Waals surface area contributed by atoms with Gasteiger partial charge in [-0.05, 0) is 41.8 Å². The quantitative estimate of drug-likeness (QED) is 0.496. The summed E-state index contributed by atoms with van der Waals surface area (Å²) in [6.45, 7) is 2.51. The lowest BCUT2D eigenvalue weighted by Crippen LogP contribution is -2.31. The van der Waals surface area contributed by atoms with Crippen molar-refractivity contribution in [1.29, 1.82) is 0 Å². The predicted molar refractivity (Wildman–Crippen MR) is 85.7 cm³/mol. The Kier molecular flexibility index (Phi) is 5.36. The summed E-state index contributed by atoms with van der Waals surface area (Å²) in [5.41, 5.74) is 5.22. The van der Waals surface area contributed by atoms with Crippen LogP contribution in [0.4, 0.5) is 0 Å². The Labute approximate surface area is 132 Å². The van der Waals surface area contributed by atoms with E-state index in [1.807, 2.05) is 49.4 Å². The topological polar surface area (TPSA) is 64.3 Å². The molecule has 0 aliphatic heterocycles. The molecule has 0 atom stereocenters. The molecule has 3 N–H and O–H groups in total. The lowest BCUT2D eigenvalue weighted by atomic mass is 10.1. The van der Waals surface area contributed by atoms with Gasteiger partial charge in [0, 0.05) is 4.47 Å². The Balaban J connectivity index is 1.94. The number of hydrogen-bond acceptors (Lipinski definition) is 3. The Bertz CT molecular complexity index is 627. The molecule has 0 saturated heterocycles. The fourth-order valence-electron chi connectivity index (χ4n) is 1.86. The first-order chi connectivity index (χ1) is 10.1. The highest BCUT2D eigenvalue weighted by Crippen LogP contribution is 2.22. The summed E-state index contributed by atoms with van der Waals surface area (Å²) in [4.78, 5) is 11.2. The number of ether oxygens (including phenoxy) is 1. The first-order valence-corrected chi connectivity index (χ1v) is 7.34. The first kappa shape index (κ1) is 15.5. The van der Waals surface area contributed by atoms with Crippen LogP contribution in [0.1, 0.15) is 16.7 Å². The van der Waals surface area contributed by atoms with Gasteiger partial charge in [-0.25, -0.2) is 5.84 Å². The van der Waals surface area contributed by atoms with Gasteiger partial charge in [0.2, 0.25) is 5.91 Å². The minimum Gasteiger partial charge on any atom is -0.489 e. The highest BCUT2D eigenvalue weighted by molar-refractivity contribution is 9.10. The third-order valence-electron chi connectivity index (χ3n) is 3.08. The SMILES string of the molecule is Cc1cc(OCc2ccc(CC(=O)NN)cc2)ccc1Br. The molecule has 0 heterocycles. The third kappa shape index (κ3) is 4.58. The maximum Gasteiger partial charge on any atom is 0.238 e. The molecular formula is C16H17BrN2O2. The largest absolute Gasteiger partial charge is 0.489 e. The number of carbonyl (C=O) groups is 1. The van der Waals surface area contributed by atoms with Gasteiger partial charge in [-0.3, -0.25) is 10.2 Å². The zero-order valence-corrected chi connectivity index (χ0v) is 13.3. The summed E-state index contributed by atoms with van der Waals surface area (Å²) in [7, 11) is 0. The Hall–Kier alpha value is -1.85. The van der Waals surface area contributed by atoms with E-state index in [0.29, 0.717) is 6.61 Å². The van der Waals surface area contributed by atoms with Gasteiger partial charge < -0.3 is 4.74 Å². The van der Waals surface area contributed by atoms with E-state index in [1.54, 1.807) is 0 Å². The van der Waals surface area contributed by atoms with Gasteiger partial charge in [0.05, 0.1) is 6.42 Å². The maximum atomic E-state index is 11.2. The molecule has 0 aliphatic carbocycles. The molecule has 5 heteroatoms. The zero-order valence-electron chi connectivity index (χ0n) is 11.7. The van der Waals surface area contributed by atoms with Crippen molar-refractivity contribution in [2.24, 2.45) is 5.84 Å².